The average Bonchev–Trinajstić information content (AvgIpc) is 2.49. The molecule has 0 N–H and O–H groups in total. The summed E-state index contributed by atoms with van der Waals surface area (Å²) in [6.45, 7) is 16.1. The first-order valence-corrected chi connectivity index (χ1v) is 8.91. The molecular formula is C20H36O2. The maximum atomic E-state index is 6.19. The summed E-state index contributed by atoms with van der Waals surface area (Å²) in [6, 6.07) is 0. The lowest BCUT2D eigenvalue weighted by Crippen LogP contribution is -2.24. The van der Waals surface area contributed by atoms with E-state index in [0.29, 0.717) is 17.9 Å². The number of ether oxygens (including phenoxy) is 2. The van der Waals surface area contributed by atoms with Gasteiger partial charge in [0.25, 0.3) is 0 Å². The molecule has 1 heterocycles. The maximum Gasteiger partial charge on any atom is 0.0683 e. The lowest BCUT2D eigenvalue weighted by Gasteiger charge is -2.25. The van der Waals surface area contributed by atoms with E-state index in [2.05, 4.69) is 47.6 Å². The Kier molecular flexibility index (Phi) is 9.04. The van der Waals surface area contributed by atoms with Crippen LogP contribution < -0.4 is 0 Å². The summed E-state index contributed by atoms with van der Waals surface area (Å²) >= 11 is 0. The third kappa shape index (κ3) is 7.60. The molecule has 1 aliphatic rings. The van der Waals surface area contributed by atoms with Gasteiger partial charge in [0.15, 0.2) is 0 Å². The van der Waals surface area contributed by atoms with Crippen molar-refractivity contribution in [1.29, 1.82) is 0 Å². The lowest BCUT2D eigenvalue weighted by molar-refractivity contribution is -0.0251. The highest BCUT2D eigenvalue weighted by Crippen LogP contribution is 2.25. The van der Waals surface area contributed by atoms with Crippen molar-refractivity contribution in [3.05, 3.63) is 22.8 Å². The van der Waals surface area contributed by atoms with E-state index in [1.807, 2.05) is 0 Å². The van der Waals surface area contributed by atoms with Crippen LogP contribution in [0.25, 0.3) is 0 Å². The second-order valence-electron chi connectivity index (χ2n) is 7.43. The van der Waals surface area contributed by atoms with Gasteiger partial charge in [-0.15, -0.1) is 0 Å². The first-order valence-electron chi connectivity index (χ1n) is 8.91. The molecule has 0 spiro atoms. The van der Waals surface area contributed by atoms with Crippen LogP contribution in [0.4, 0.5) is 0 Å². The second kappa shape index (κ2) is 10.2. The van der Waals surface area contributed by atoms with E-state index >= 15 is 0 Å². The summed E-state index contributed by atoms with van der Waals surface area (Å²) in [5.41, 5.74) is 4.44. The molecule has 2 nitrogen and oxygen atoms in total. The Morgan fingerprint density at radius 2 is 1.77 bits per heavy atom. The minimum atomic E-state index is 0.386. The zero-order valence-corrected chi connectivity index (χ0v) is 15.6. The molecule has 1 rings (SSSR count). The van der Waals surface area contributed by atoms with Crippen molar-refractivity contribution in [1.82, 2.24) is 0 Å². The largest absolute Gasteiger partial charge is 0.381 e. The van der Waals surface area contributed by atoms with Crippen LogP contribution in [0.3, 0.4) is 0 Å². The van der Waals surface area contributed by atoms with Gasteiger partial charge in [-0.3, -0.25) is 0 Å². The van der Waals surface area contributed by atoms with E-state index < -0.39 is 0 Å². The van der Waals surface area contributed by atoms with Crippen molar-refractivity contribution in [2.75, 3.05) is 19.8 Å². The van der Waals surface area contributed by atoms with Gasteiger partial charge in [-0.05, 0) is 63.9 Å². The Morgan fingerprint density at radius 3 is 2.32 bits per heavy atom. The Balaban J connectivity index is 2.66. The smallest absolute Gasteiger partial charge is 0.0683 e. The molecule has 128 valence electrons. The van der Waals surface area contributed by atoms with Gasteiger partial charge in [0.2, 0.25) is 0 Å². The van der Waals surface area contributed by atoms with Gasteiger partial charge in [-0.1, -0.05) is 38.0 Å². The molecule has 22 heavy (non-hydrogen) atoms. The first kappa shape index (κ1) is 19.4. The number of rotatable bonds is 8. The SMILES string of the molecule is CC(C)=CCC(C)/C(C)=C(/COC1CCOCC1)CC(C)C. The second-order valence-corrected chi connectivity index (χ2v) is 7.43. The Morgan fingerprint density at radius 1 is 1.14 bits per heavy atom. The molecule has 0 saturated carbocycles. The third-order valence-corrected chi connectivity index (χ3v) is 4.49. The van der Waals surface area contributed by atoms with Crippen LogP contribution in [0.1, 0.15) is 67.2 Å². The zero-order chi connectivity index (χ0) is 16.5. The number of allylic oxidation sites excluding steroid dienone is 3. The van der Waals surface area contributed by atoms with Crippen LogP contribution in [0.2, 0.25) is 0 Å². The highest BCUT2D eigenvalue weighted by Gasteiger charge is 2.17. The molecular weight excluding hydrogens is 272 g/mol. The molecule has 0 aromatic rings. The highest BCUT2D eigenvalue weighted by atomic mass is 16.5. The van der Waals surface area contributed by atoms with Crippen LogP contribution in [0, 0.1) is 11.8 Å². The minimum Gasteiger partial charge on any atom is -0.381 e. The monoisotopic (exact) mass is 308 g/mol. The van der Waals surface area contributed by atoms with Gasteiger partial charge in [0.1, 0.15) is 0 Å². The summed E-state index contributed by atoms with van der Waals surface area (Å²) in [7, 11) is 0. The maximum absolute atomic E-state index is 6.19. The topological polar surface area (TPSA) is 18.5 Å². The van der Waals surface area contributed by atoms with E-state index in [1.165, 1.54) is 16.7 Å². The van der Waals surface area contributed by atoms with Gasteiger partial charge < -0.3 is 9.47 Å². The Bertz CT molecular complexity index is 369. The van der Waals surface area contributed by atoms with Crippen LogP contribution in [0.5, 0.6) is 0 Å². The first-order chi connectivity index (χ1) is 10.4. The Labute approximate surface area is 138 Å². The van der Waals surface area contributed by atoms with Crippen molar-refractivity contribution in [2.24, 2.45) is 11.8 Å². The molecule has 0 radical (unpaired) electrons. The van der Waals surface area contributed by atoms with Gasteiger partial charge in [0.05, 0.1) is 12.7 Å². The predicted octanol–water partition coefficient (Wildman–Crippen LogP) is 5.54. The van der Waals surface area contributed by atoms with Gasteiger partial charge >= 0.3 is 0 Å². The van der Waals surface area contributed by atoms with Crippen molar-refractivity contribution in [3.8, 4) is 0 Å². The molecule has 2 heteroatoms. The van der Waals surface area contributed by atoms with Crippen molar-refractivity contribution < 1.29 is 9.47 Å². The summed E-state index contributed by atoms with van der Waals surface area (Å²) in [5.74, 6) is 1.28. The molecule has 0 amide bonds. The molecule has 0 aliphatic carbocycles. The zero-order valence-electron chi connectivity index (χ0n) is 15.6. The van der Waals surface area contributed by atoms with Crippen molar-refractivity contribution in [2.45, 2.75) is 73.3 Å². The lowest BCUT2D eigenvalue weighted by atomic mass is 9.90. The van der Waals surface area contributed by atoms with Crippen molar-refractivity contribution >= 4 is 0 Å². The predicted molar refractivity (Wildman–Crippen MR) is 95.2 cm³/mol. The fourth-order valence-corrected chi connectivity index (χ4v) is 2.83. The summed E-state index contributed by atoms with van der Waals surface area (Å²) < 4.78 is 11.6. The quantitative estimate of drug-likeness (QED) is 0.548. The summed E-state index contributed by atoms with van der Waals surface area (Å²) in [5, 5.41) is 0. The van der Waals surface area contributed by atoms with E-state index in [9.17, 15) is 0 Å². The van der Waals surface area contributed by atoms with Gasteiger partial charge in [-0.25, -0.2) is 0 Å². The molecule has 1 saturated heterocycles. The van der Waals surface area contributed by atoms with Gasteiger partial charge in [-0.2, -0.15) is 0 Å². The van der Waals surface area contributed by atoms with Crippen LogP contribution >= 0.6 is 0 Å². The van der Waals surface area contributed by atoms with Crippen molar-refractivity contribution in [3.63, 3.8) is 0 Å². The summed E-state index contributed by atoms with van der Waals surface area (Å²) in [6.07, 6.45) is 7.10. The Hall–Kier alpha value is -0.600. The minimum absolute atomic E-state index is 0.386. The van der Waals surface area contributed by atoms with E-state index in [1.54, 1.807) is 0 Å². The van der Waals surface area contributed by atoms with E-state index in [4.69, 9.17) is 9.47 Å². The molecule has 1 aliphatic heterocycles. The molecule has 0 aromatic heterocycles. The third-order valence-electron chi connectivity index (χ3n) is 4.49. The molecule has 0 bridgehead atoms. The van der Waals surface area contributed by atoms with Gasteiger partial charge in [0, 0.05) is 13.2 Å². The fourth-order valence-electron chi connectivity index (χ4n) is 2.83. The summed E-state index contributed by atoms with van der Waals surface area (Å²) in [4.78, 5) is 0. The molecule has 1 unspecified atom stereocenters. The molecule has 1 atom stereocenters. The molecule has 0 aromatic carbocycles. The number of hydrogen-bond acceptors (Lipinski definition) is 2. The van der Waals surface area contributed by atoms with E-state index in [0.717, 1.165) is 45.5 Å². The van der Waals surface area contributed by atoms with Crippen LogP contribution in [-0.4, -0.2) is 25.9 Å². The number of hydrogen-bond donors (Lipinski definition) is 0. The average molecular weight is 309 g/mol. The highest BCUT2D eigenvalue weighted by molar-refractivity contribution is 5.17. The normalized spacial score (nSPS) is 19.0. The molecule has 1 fully saturated rings. The van der Waals surface area contributed by atoms with Crippen LogP contribution in [0.15, 0.2) is 22.8 Å². The van der Waals surface area contributed by atoms with Crippen LogP contribution in [-0.2, 0) is 9.47 Å². The fraction of sp³-hybridized carbons (Fsp3) is 0.800. The standard InChI is InChI=1S/C20H36O2/c1-15(2)7-8-17(5)18(6)19(13-16(3)4)14-22-20-9-11-21-12-10-20/h7,16-17,20H,8-14H2,1-6H3/b19-18+. The van der Waals surface area contributed by atoms with E-state index in [-0.39, 0.29) is 0 Å².